The lowest BCUT2D eigenvalue weighted by atomic mass is 10.3. The van der Waals surface area contributed by atoms with Gasteiger partial charge < -0.3 is 20.5 Å². The molecule has 0 saturated heterocycles. The summed E-state index contributed by atoms with van der Waals surface area (Å²) in [6.45, 7) is 2.41. The zero-order valence-electron chi connectivity index (χ0n) is 11.3. The Kier molecular flexibility index (Phi) is 4.68. The van der Waals surface area contributed by atoms with Gasteiger partial charge in [-0.25, -0.2) is 0 Å². The van der Waals surface area contributed by atoms with Gasteiger partial charge in [0.25, 0.3) is 0 Å². The number of nitrogen functional groups attached to an aromatic ring is 1. The Bertz CT molecular complexity index is 605. The van der Waals surface area contributed by atoms with Crippen LogP contribution in [0.3, 0.4) is 0 Å². The van der Waals surface area contributed by atoms with Crippen LogP contribution in [0.2, 0.25) is 0 Å². The summed E-state index contributed by atoms with van der Waals surface area (Å²) >= 11 is 3.44. The Labute approximate surface area is 126 Å². The van der Waals surface area contributed by atoms with Gasteiger partial charge in [0.2, 0.25) is 5.88 Å². The highest BCUT2D eigenvalue weighted by Gasteiger charge is 2.06. The molecule has 0 saturated carbocycles. The highest BCUT2D eigenvalue weighted by Crippen LogP contribution is 2.29. The first-order valence-corrected chi connectivity index (χ1v) is 6.93. The maximum absolute atomic E-state index is 5.79. The van der Waals surface area contributed by atoms with Crippen molar-refractivity contribution in [2.24, 2.45) is 0 Å². The van der Waals surface area contributed by atoms with E-state index >= 15 is 0 Å². The average Bonchev–Trinajstić information content (AvgIpc) is 2.43. The zero-order valence-corrected chi connectivity index (χ0v) is 12.9. The number of aromatic nitrogens is 1. The number of halogens is 1. The van der Waals surface area contributed by atoms with Crippen LogP contribution >= 0.6 is 15.9 Å². The van der Waals surface area contributed by atoms with E-state index in [9.17, 15) is 0 Å². The molecule has 0 amide bonds. The fourth-order valence-corrected chi connectivity index (χ4v) is 2.21. The molecule has 0 bridgehead atoms. The maximum Gasteiger partial charge on any atom is 0.239 e. The quantitative estimate of drug-likeness (QED) is 0.872. The number of rotatable bonds is 5. The number of benzene rings is 1. The summed E-state index contributed by atoms with van der Waals surface area (Å²) in [5, 5.41) is 3.19. The van der Waals surface area contributed by atoms with Gasteiger partial charge in [-0.2, -0.15) is 4.98 Å². The predicted molar refractivity (Wildman–Crippen MR) is 83.8 cm³/mol. The molecule has 2 rings (SSSR count). The third-order valence-electron chi connectivity index (χ3n) is 2.59. The molecule has 0 atom stereocenters. The molecule has 0 aliphatic rings. The van der Waals surface area contributed by atoms with E-state index in [1.54, 1.807) is 19.2 Å². The van der Waals surface area contributed by atoms with Crippen molar-refractivity contribution in [3.05, 3.63) is 34.8 Å². The first-order chi connectivity index (χ1) is 9.63. The van der Waals surface area contributed by atoms with Crippen molar-refractivity contribution in [3.8, 4) is 11.6 Å². The molecule has 0 radical (unpaired) electrons. The van der Waals surface area contributed by atoms with Gasteiger partial charge in [0.1, 0.15) is 11.6 Å². The molecule has 0 aliphatic heterocycles. The topological polar surface area (TPSA) is 69.4 Å². The highest BCUT2D eigenvalue weighted by molar-refractivity contribution is 9.10. The summed E-state index contributed by atoms with van der Waals surface area (Å²) in [7, 11) is 1.63. The van der Waals surface area contributed by atoms with Gasteiger partial charge in [0, 0.05) is 5.69 Å². The Morgan fingerprint density at radius 2 is 2.10 bits per heavy atom. The normalized spacial score (nSPS) is 10.2. The van der Waals surface area contributed by atoms with Crippen LogP contribution in [0, 0.1) is 0 Å². The van der Waals surface area contributed by atoms with E-state index in [0.29, 0.717) is 24.0 Å². The Morgan fingerprint density at radius 1 is 1.30 bits per heavy atom. The van der Waals surface area contributed by atoms with Crippen LogP contribution < -0.4 is 20.5 Å². The number of methoxy groups -OCH3 is 1. The first kappa shape index (κ1) is 14.5. The van der Waals surface area contributed by atoms with Crippen LogP contribution in [-0.2, 0) is 0 Å². The summed E-state index contributed by atoms with van der Waals surface area (Å²) in [5.41, 5.74) is 7.20. The number of anilines is 3. The average molecular weight is 338 g/mol. The fraction of sp³-hybridized carbons (Fsp3) is 0.214. The zero-order chi connectivity index (χ0) is 14.5. The minimum atomic E-state index is 0.435. The lowest BCUT2D eigenvalue weighted by Gasteiger charge is -2.11. The monoisotopic (exact) mass is 337 g/mol. The van der Waals surface area contributed by atoms with Crippen molar-refractivity contribution in [1.29, 1.82) is 0 Å². The summed E-state index contributed by atoms with van der Waals surface area (Å²) in [5.74, 6) is 1.88. The summed E-state index contributed by atoms with van der Waals surface area (Å²) in [6.07, 6.45) is 0. The van der Waals surface area contributed by atoms with E-state index in [2.05, 4.69) is 26.2 Å². The van der Waals surface area contributed by atoms with E-state index < -0.39 is 0 Å². The third kappa shape index (κ3) is 3.33. The van der Waals surface area contributed by atoms with Crippen LogP contribution in [-0.4, -0.2) is 18.7 Å². The standard InChI is InChI=1S/C14H16BrN3O2/c1-3-20-14-11(16)5-7-13(18-14)17-9-4-6-12(19-2)10(15)8-9/h4-8H,3,16H2,1-2H3,(H,17,18). The van der Waals surface area contributed by atoms with E-state index in [4.69, 9.17) is 15.2 Å². The molecule has 5 nitrogen and oxygen atoms in total. The van der Waals surface area contributed by atoms with E-state index in [1.165, 1.54) is 0 Å². The van der Waals surface area contributed by atoms with E-state index in [1.807, 2.05) is 25.1 Å². The lowest BCUT2D eigenvalue weighted by molar-refractivity contribution is 0.329. The van der Waals surface area contributed by atoms with Crippen molar-refractivity contribution in [2.45, 2.75) is 6.92 Å². The van der Waals surface area contributed by atoms with Crippen LogP contribution in [0.25, 0.3) is 0 Å². The van der Waals surface area contributed by atoms with Crippen LogP contribution in [0.1, 0.15) is 6.92 Å². The molecule has 0 fully saturated rings. The third-order valence-corrected chi connectivity index (χ3v) is 3.21. The molecule has 0 spiro atoms. The molecule has 1 aromatic heterocycles. The molecule has 0 unspecified atom stereocenters. The van der Waals surface area contributed by atoms with Gasteiger partial charge in [0.15, 0.2) is 0 Å². The van der Waals surface area contributed by atoms with E-state index in [0.717, 1.165) is 15.9 Å². The Balaban J connectivity index is 2.21. The minimum absolute atomic E-state index is 0.435. The molecule has 106 valence electrons. The predicted octanol–water partition coefficient (Wildman–Crippen LogP) is 3.58. The number of pyridine rings is 1. The van der Waals surface area contributed by atoms with Crippen molar-refractivity contribution in [3.63, 3.8) is 0 Å². The molecule has 2 aromatic rings. The molecule has 6 heteroatoms. The number of hydrogen-bond donors (Lipinski definition) is 2. The summed E-state index contributed by atoms with van der Waals surface area (Å²) < 4.78 is 11.4. The second-order valence-electron chi connectivity index (χ2n) is 4.00. The molecule has 3 N–H and O–H groups in total. The molecular formula is C14H16BrN3O2. The van der Waals surface area contributed by atoms with Crippen LogP contribution in [0.5, 0.6) is 11.6 Å². The maximum atomic E-state index is 5.79. The van der Waals surface area contributed by atoms with Crippen molar-refractivity contribution >= 4 is 33.1 Å². The first-order valence-electron chi connectivity index (χ1n) is 6.14. The summed E-state index contributed by atoms with van der Waals surface area (Å²) in [4.78, 5) is 4.32. The number of nitrogens with zero attached hydrogens (tertiary/aromatic N) is 1. The molecule has 1 aromatic carbocycles. The Morgan fingerprint density at radius 3 is 2.75 bits per heavy atom. The molecular weight excluding hydrogens is 322 g/mol. The lowest BCUT2D eigenvalue weighted by Crippen LogP contribution is -2.02. The number of nitrogens with two attached hydrogens (primary N) is 1. The van der Waals surface area contributed by atoms with Gasteiger partial charge in [0.05, 0.1) is 23.9 Å². The van der Waals surface area contributed by atoms with Crippen molar-refractivity contribution in [2.75, 3.05) is 24.8 Å². The number of ether oxygens (including phenoxy) is 2. The summed E-state index contributed by atoms with van der Waals surface area (Å²) in [6, 6.07) is 9.25. The largest absolute Gasteiger partial charge is 0.496 e. The number of hydrogen-bond acceptors (Lipinski definition) is 5. The van der Waals surface area contributed by atoms with Crippen LogP contribution in [0.4, 0.5) is 17.2 Å². The molecule has 20 heavy (non-hydrogen) atoms. The second kappa shape index (κ2) is 6.47. The van der Waals surface area contributed by atoms with Gasteiger partial charge in [-0.15, -0.1) is 0 Å². The van der Waals surface area contributed by atoms with E-state index in [-0.39, 0.29) is 0 Å². The highest BCUT2D eigenvalue weighted by atomic mass is 79.9. The van der Waals surface area contributed by atoms with Gasteiger partial charge in [-0.1, -0.05) is 0 Å². The van der Waals surface area contributed by atoms with Gasteiger partial charge in [-0.05, 0) is 53.2 Å². The molecule has 1 heterocycles. The SMILES string of the molecule is CCOc1nc(Nc2ccc(OC)c(Br)c2)ccc1N. The second-order valence-corrected chi connectivity index (χ2v) is 4.85. The fourth-order valence-electron chi connectivity index (χ4n) is 1.67. The van der Waals surface area contributed by atoms with Gasteiger partial charge in [-0.3, -0.25) is 0 Å². The molecule has 0 aliphatic carbocycles. The minimum Gasteiger partial charge on any atom is -0.496 e. The van der Waals surface area contributed by atoms with Gasteiger partial charge >= 0.3 is 0 Å². The Hall–Kier alpha value is -1.95. The van der Waals surface area contributed by atoms with Crippen molar-refractivity contribution < 1.29 is 9.47 Å². The van der Waals surface area contributed by atoms with Crippen LogP contribution in [0.15, 0.2) is 34.8 Å². The van der Waals surface area contributed by atoms with Crippen molar-refractivity contribution in [1.82, 2.24) is 4.98 Å². The number of nitrogens with one attached hydrogen (secondary N) is 1. The smallest absolute Gasteiger partial charge is 0.239 e.